The van der Waals surface area contributed by atoms with Crippen molar-refractivity contribution >= 4 is 17.2 Å². The lowest BCUT2D eigenvalue weighted by atomic mass is 10.3. The third-order valence-electron chi connectivity index (χ3n) is 4.80. The van der Waals surface area contributed by atoms with Gasteiger partial charge in [-0.3, -0.25) is 19.4 Å². The van der Waals surface area contributed by atoms with Gasteiger partial charge in [-0.15, -0.1) is 0 Å². The van der Waals surface area contributed by atoms with E-state index < -0.39 is 0 Å². The van der Waals surface area contributed by atoms with Crippen LogP contribution in [0.5, 0.6) is 0 Å². The molecule has 0 bridgehead atoms. The van der Waals surface area contributed by atoms with Gasteiger partial charge >= 0.3 is 4.87 Å². The van der Waals surface area contributed by atoms with Gasteiger partial charge in [0.15, 0.2) is 0 Å². The number of rotatable bonds is 5. The van der Waals surface area contributed by atoms with Crippen LogP contribution in [0.2, 0.25) is 0 Å². The molecule has 0 radical (unpaired) electrons. The van der Waals surface area contributed by atoms with Gasteiger partial charge in [0.2, 0.25) is 5.91 Å². The number of nitrogens with zero attached hydrogens (tertiary/aromatic N) is 4. The fraction of sp³-hybridized carbons (Fsp3) is 0.750. The molecule has 24 heavy (non-hydrogen) atoms. The topological polar surface area (TPSA) is 58.0 Å². The number of hydrogen-bond donors (Lipinski definition) is 0. The fourth-order valence-electron chi connectivity index (χ4n) is 3.19. The maximum atomic E-state index is 12.4. The molecule has 134 valence electrons. The summed E-state index contributed by atoms with van der Waals surface area (Å²) in [5, 5.41) is 1.91. The van der Waals surface area contributed by atoms with E-state index >= 15 is 0 Å². The monoisotopic (exact) mass is 354 g/mol. The predicted molar refractivity (Wildman–Crippen MR) is 93.6 cm³/mol. The van der Waals surface area contributed by atoms with Crippen molar-refractivity contribution in [2.24, 2.45) is 0 Å². The van der Waals surface area contributed by atoms with Crippen molar-refractivity contribution in [3.63, 3.8) is 0 Å². The summed E-state index contributed by atoms with van der Waals surface area (Å²) in [6.45, 7) is 10.5. The van der Waals surface area contributed by atoms with Crippen molar-refractivity contribution in [3.05, 3.63) is 20.7 Å². The van der Waals surface area contributed by atoms with Crippen molar-refractivity contribution in [2.45, 2.75) is 13.5 Å². The molecule has 0 spiro atoms. The van der Waals surface area contributed by atoms with Crippen LogP contribution in [-0.4, -0.2) is 90.7 Å². The Balaban J connectivity index is 1.40. The molecule has 0 aromatic carbocycles. The maximum Gasteiger partial charge on any atom is 0.307 e. The molecule has 0 saturated carbocycles. The molecular weight excluding hydrogens is 328 g/mol. The van der Waals surface area contributed by atoms with Crippen LogP contribution >= 0.6 is 11.3 Å². The lowest BCUT2D eigenvalue weighted by molar-refractivity contribution is -0.135. The SMILES string of the molecule is Cc1csc(=O)n1CCN1CCN(C(=O)CN2CCOCC2)CC1. The van der Waals surface area contributed by atoms with Crippen LogP contribution in [0, 0.1) is 6.92 Å². The molecular formula is C16H26N4O3S. The average Bonchev–Trinajstić information content (AvgIpc) is 2.92. The summed E-state index contributed by atoms with van der Waals surface area (Å²) in [7, 11) is 0. The second-order valence-corrected chi connectivity index (χ2v) is 7.23. The lowest BCUT2D eigenvalue weighted by Crippen LogP contribution is -2.52. The molecule has 3 rings (SSSR count). The van der Waals surface area contributed by atoms with E-state index in [4.69, 9.17) is 4.74 Å². The van der Waals surface area contributed by atoms with E-state index in [9.17, 15) is 9.59 Å². The van der Waals surface area contributed by atoms with Crippen LogP contribution in [-0.2, 0) is 16.1 Å². The summed E-state index contributed by atoms with van der Waals surface area (Å²) in [5.74, 6) is 0.224. The first-order chi connectivity index (χ1) is 11.6. The van der Waals surface area contributed by atoms with Crippen LogP contribution in [0.3, 0.4) is 0 Å². The van der Waals surface area contributed by atoms with Gasteiger partial charge in [0, 0.05) is 63.4 Å². The first kappa shape index (κ1) is 17.6. The highest BCUT2D eigenvalue weighted by molar-refractivity contribution is 7.07. The molecule has 7 nitrogen and oxygen atoms in total. The van der Waals surface area contributed by atoms with Gasteiger partial charge in [-0.1, -0.05) is 11.3 Å². The van der Waals surface area contributed by atoms with Gasteiger partial charge in [-0.05, 0) is 6.92 Å². The molecule has 1 aromatic heterocycles. The fourth-order valence-corrected chi connectivity index (χ4v) is 3.95. The van der Waals surface area contributed by atoms with E-state index in [0.717, 1.165) is 71.3 Å². The lowest BCUT2D eigenvalue weighted by Gasteiger charge is -2.36. The highest BCUT2D eigenvalue weighted by atomic mass is 32.1. The van der Waals surface area contributed by atoms with Crippen LogP contribution < -0.4 is 4.87 Å². The zero-order valence-corrected chi connectivity index (χ0v) is 15.1. The summed E-state index contributed by atoms with van der Waals surface area (Å²) < 4.78 is 7.15. The molecule has 0 aliphatic carbocycles. The van der Waals surface area contributed by atoms with Gasteiger partial charge in [0.05, 0.1) is 19.8 Å². The Hall–Kier alpha value is -1.22. The average molecular weight is 354 g/mol. The molecule has 8 heteroatoms. The third kappa shape index (κ3) is 4.44. The van der Waals surface area contributed by atoms with Crippen molar-refractivity contribution in [3.8, 4) is 0 Å². The van der Waals surface area contributed by atoms with E-state index in [-0.39, 0.29) is 10.8 Å². The number of morpholine rings is 1. The number of hydrogen-bond acceptors (Lipinski definition) is 6. The highest BCUT2D eigenvalue weighted by Crippen LogP contribution is 2.06. The summed E-state index contributed by atoms with van der Waals surface area (Å²) in [6, 6.07) is 0. The van der Waals surface area contributed by atoms with Crippen molar-refractivity contribution in [2.75, 3.05) is 65.6 Å². The van der Waals surface area contributed by atoms with Crippen molar-refractivity contribution in [1.82, 2.24) is 19.3 Å². The minimum absolute atomic E-state index is 0.117. The minimum Gasteiger partial charge on any atom is -0.379 e. The summed E-state index contributed by atoms with van der Waals surface area (Å²) in [5.41, 5.74) is 1.03. The Bertz CT molecular complexity index is 601. The summed E-state index contributed by atoms with van der Waals surface area (Å²) in [6.07, 6.45) is 0. The molecule has 0 atom stereocenters. The Labute approximate surface area is 146 Å². The second kappa shape index (κ2) is 8.24. The Morgan fingerprint density at radius 2 is 1.79 bits per heavy atom. The van der Waals surface area contributed by atoms with E-state index in [2.05, 4.69) is 9.80 Å². The van der Waals surface area contributed by atoms with Gasteiger partial charge in [0.25, 0.3) is 0 Å². The molecule has 0 N–H and O–H groups in total. The molecule has 3 heterocycles. The molecule has 2 fully saturated rings. The van der Waals surface area contributed by atoms with E-state index in [0.29, 0.717) is 6.54 Å². The quantitative estimate of drug-likeness (QED) is 0.726. The Morgan fingerprint density at radius 3 is 2.42 bits per heavy atom. The van der Waals surface area contributed by atoms with E-state index in [1.807, 2.05) is 21.8 Å². The van der Waals surface area contributed by atoms with Crippen LogP contribution in [0.1, 0.15) is 5.69 Å². The zero-order valence-electron chi connectivity index (χ0n) is 14.3. The number of thiazole rings is 1. The van der Waals surface area contributed by atoms with E-state index in [1.165, 1.54) is 11.3 Å². The number of carbonyl (C=O) groups is 1. The molecule has 2 aliphatic rings. The second-order valence-electron chi connectivity index (χ2n) is 6.41. The first-order valence-electron chi connectivity index (χ1n) is 8.58. The third-order valence-corrected chi connectivity index (χ3v) is 5.68. The van der Waals surface area contributed by atoms with Crippen LogP contribution in [0.15, 0.2) is 10.2 Å². The number of aryl methyl sites for hydroxylation is 1. The Morgan fingerprint density at radius 1 is 1.08 bits per heavy atom. The molecule has 1 aromatic rings. The van der Waals surface area contributed by atoms with Gasteiger partial charge in [-0.25, -0.2) is 0 Å². The number of aromatic nitrogens is 1. The standard InChI is InChI=1S/C16H26N4O3S/c1-14-13-24-16(22)20(14)7-4-17-2-5-19(6-3-17)15(21)12-18-8-10-23-11-9-18/h13H,2-12H2,1H3. The smallest absolute Gasteiger partial charge is 0.307 e. The molecule has 0 unspecified atom stereocenters. The molecule has 2 aliphatic heterocycles. The first-order valence-corrected chi connectivity index (χ1v) is 9.46. The van der Waals surface area contributed by atoms with Crippen molar-refractivity contribution in [1.29, 1.82) is 0 Å². The number of ether oxygens (including phenoxy) is 1. The minimum atomic E-state index is 0.117. The van der Waals surface area contributed by atoms with Crippen LogP contribution in [0.4, 0.5) is 0 Å². The van der Waals surface area contributed by atoms with Crippen molar-refractivity contribution < 1.29 is 9.53 Å². The maximum absolute atomic E-state index is 12.4. The predicted octanol–water partition coefficient (Wildman–Crippen LogP) is -0.305. The number of carbonyl (C=O) groups excluding carboxylic acids is 1. The zero-order chi connectivity index (χ0) is 16.9. The van der Waals surface area contributed by atoms with Gasteiger partial charge < -0.3 is 14.2 Å². The summed E-state index contributed by atoms with van der Waals surface area (Å²) >= 11 is 1.26. The Kier molecular flexibility index (Phi) is 6.04. The number of piperazine rings is 1. The molecule has 2 saturated heterocycles. The van der Waals surface area contributed by atoms with Gasteiger partial charge in [-0.2, -0.15) is 0 Å². The summed E-state index contributed by atoms with van der Waals surface area (Å²) in [4.78, 5) is 30.7. The van der Waals surface area contributed by atoms with Gasteiger partial charge in [0.1, 0.15) is 0 Å². The number of amides is 1. The highest BCUT2D eigenvalue weighted by Gasteiger charge is 2.23. The van der Waals surface area contributed by atoms with Crippen LogP contribution in [0.25, 0.3) is 0 Å². The largest absolute Gasteiger partial charge is 0.379 e. The normalized spacial score (nSPS) is 20.5. The molecule has 1 amide bonds. The van der Waals surface area contributed by atoms with E-state index in [1.54, 1.807) is 0 Å².